The normalized spacial score (nSPS) is 11.4. The molecule has 1 aromatic carbocycles. The number of rotatable bonds is 4. The van der Waals surface area contributed by atoms with Gasteiger partial charge in [0.15, 0.2) is 5.69 Å². The van der Waals surface area contributed by atoms with Crippen molar-refractivity contribution in [2.24, 2.45) is 17.3 Å². The number of hydrogen-bond acceptors (Lipinski definition) is 8. The average molecular weight is 362 g/mol. The summed E-state index contributed by atoms with van der Waals surface area (Å²) in [6, 6.07) is 7.61. The molecule has 2 rings (SSSR count). The van der Waals surface area contributed by atoms with Crippen LogP contribution in [0.15, 0.2) is 39.3 Å². The van der Waals surface area contributed by atoms with Gasteiger partial charge in [0, 0.05) is 18.7 Å². The molecule has 9 nitrogen and oxygen atoms in total. The molecule has 0 amide bonds. The first-order valence-electron chi connectivity index (χ1n) is 6.88. The third kappa shape index (κ3) is 4.02. The van der Waals surface area contributed by atoms with Crippen LogP contribution in [0.1, 0.15) is 11.1 Å². The van der Waals surface area contributed by atoms with Gasteiger partial charge in [-0.25, -0.2) is 0 Å². The Morgan fingerprint density at radius 3 is 2.60 bits per heavy atom. The maximum absolute atomic E-state index is 12.2. The SMILES string of the molecule is Cc1c(C#N)c(O)n(C)c(=O)c1N=Nc1cccc(OS(C)(=O)=O)c1. The standard InChI is InChI=1S/C15H14N4O5S/c1-9-12(8-16)14(20)19(2)15(21)13(9)18-17-10-5-4-6-11(7-10)24-25(3,22)23/h4-7,20H,1-3H3. The Morgan fingerprint density at radius 2 is 2.00 bits per heavy atom. The number of hydrogen-bond donors (Lipinski definition) is 1. The van der Waals surface area contributed by atoms with Crippen LogP contribution in [-0.2, 0) is 17.2 Å². The van der Waals surface area contributed by atoms with Gasteiger partial charge < -0.3 is 9.29 Å². The van der Waals surface area contributed by atoms with Gasteiger partial charge in [0.2, 0.25) is 5.88 Å². The van der Waals surface area contributed by atoms with Gasteiger partial charge >= 0.3 is 10.1 Å². The smallest absolute Gasteiger partial charge is 0.306 e. The Morgan fingerprint density at radius 1 is 1.32 bits per heavy atom. The molecule has 0 aliphatic rings. The number of aromatic nitrogens is 1. The number of nitrogens with zero attached hydrogens (tertiary/aromatic N) is 4. The highest BCUT2D eigenvalue weighted by molar-refractivity contribution is 7.86. The first-order chi connectivity index (χ1) is 11.6. The number of aromatic hydroxyl groups is 1. The van der Waals surface area contributed by atoms with E-state index in [-0.39, 0.29) is 28.3 Å². The average Bonchev–Trinajstić information content (AvgIpc) is 2.52. The monoisotopic (exact) mass is 362 g/mol. The molecule has 10 heteroatoms. The number of azo groups is 1. The molecular weight excluding hydrogens is 348 g/mol. The summed E-state index contributed by atoms with van der Waals surface area (Å²) in [7, 11) is -2.38. The fraction of sp³-hybridized carbons (Fsp3) is 0.200. The molecule has 0 fully saturated rings. The van der Waals surface area contributed by atoms with E-state index in [1.165, 1.54) is 38.2 Å². The van der Waals surface area contributed by atoms with Crippen molar-refractivity contribution in [1.29, 1.82) is 5.26 Å². The van der Waals surface area contributed by atoms with E-state index in [9.17, 15) is 18.3 Å². The van der Waals surface area contributed by atoms with Crippen molar-refractivity contribution in [3.05, 3.63) is 45.7 Å². The summed E-state index contributed by atoms with van der Waals surface area (Å²) in [4.78, 5) is 12.2. The van der Waals surface area contributed by atoms with Crippen LogP contribution in [0, 0.1) is 18.3 Å². The van der Waals surface area contributed by atoms with Crippen LogP contribution in [0.4, 0.5) is 11.4 Å². The first kappa shape index (κ1) is 18.2. The van der Waals surface area contributed by atoms with E-state index in [1.54, 1.807) is 6.07 Å². The molecule has 0 aliphatic carbocycles. The second-order valence-electron chi connectivity index (χ2n) is 5.13. The molecule has 130 valence electrons. The van der Waals surface area contributed by atoms with Crippen LogP contribution in [-0.4, -0.2) is 24.3 Å². The van der Waals surface area contributed by atoms with Gasteiger partial charge in [0.1, 0.15) is 17.4 Å². The third-order valence-corrected chi connectivity index (χ3v) is 3.72. The Balaban J connectivity index is 2.48. The fourth-order valence-electron chi connectivity index (χ4n) is 2.00. The van der Waals surface area contributed by atoms with Gasteiger partial charge in [-0.3, -0.25) is 9.36 Å². The highest BCUT2D eigenvalue weighted by Crippen LogP contribution is 2.27. The maximum Gasteiger partial charge on any atom is 0.306 e. The number of nitriles is 1. The maximum atomic E-state index is 12.2. The highest BCUT2D eigenvalue weighted by Gasteiger charge is 2.17. The molecule has 0 radical (unpaired) electrons. The summed E-state index contributed by atoms with van der Waals surface area (Å²) in [5.74, 6) is -0.403. The molecule has 1 heterocycles. The molecule has 1 N–H and O–H groups in total. The first-order valence-corrected chi connectivity index (χ1v) is 8.69. The van der Waals surface area contributed by atoms with E-state index in [2.05, 4.69) is 10.2 Å². The van der Waals surface area contributed by atoms with Crippen LogP contribution < -0.4 is 9.74 Å². The molecule has 0 bridgehead atoms. The van der Waals surface area contributed by atoms with E-state index < -0.39 is 21.6 Å². The molecule has 1 aromatic heterocycles. The molecule has 25 heavy (non-hydrogen) atoms. The van der Waals surface area contributed by atoms with Crippen LogP contribution in [0.3, 0.4) is 0 Å². The summed E-state index contributed by atoms with van der Waals surface area (Å²) in [5, 5.41) is 26.6. The van der Waals surface area contributed by atoms with Gasteiger partial charge in [0.05, 0.1) is 11.9 Å². The van der Waals surface area contributed by atoms with Gasteiger partial charge in [-0.05, 0) is 19.1 Å². The van der Waals surface area contributed by atoms with Crippen molar-refractivity contribution < 1.29 is 17.7 Å². The van der Waals surface area contributed by atoms with Crippen molar-refractivity contribution in [3.8, 4) is 17.7 Å². The topological polar surface area (TPSA) is 134 Å². The summed E-state index contributed by atoms with van der Waals surface area (Å²) >= 11 is 0. The Bertz CT molecular complexity index is 1060. The predicted molar refractivity (Wildman–Crippen MR) is 88.9 cm³/mol. The predicted octanol–water partition coefficient (Wildman–Crippen LogP) is 2.02. The lowest BCUT2D eigenvalue weighted by Gasteiger charge is -2.08. The third-order valence-electron chi connectivity index (χ3n) is 3.22. The summed E-state index contributed by atoms with van der Waals surface area (Å²) in [6.45, 7) is 1.47. The van der Waals surface area contributed by atoms with Crippen molar-refractivity contribution >= 4 is 21.5 Å². The fourth-order valence-corrected chi connectivity index (χ4v) is 2.45. The van der Waals surface area contributed by atoms with E-state index in [0.717, 1.165) is 10.8 Å². The Kier molecular flexibility index (Phi) is 4.89. The Labute approximate surface area is 143 Å². The second kappa shape index (κ2) is 6.74. The van der Waals surface area contributed by atoms with E-state index in [0.29, 0.717) is 0 Å². The van der Waals surface area contributed by atoms with E-state index in [4.69, 9.17) is 9.44 Å². The summed E-state index contributed by atoms with van der Waals surface area (Å²) in [6.07, 6.45) is 0.911. The molecular formula is C15H14N4O5S. The van der Waals surface area contributed by atoms with Crippen molar-refractivity contribution in [2.45, 2.75) is 6.92 Å². The lowest BCUT2D eigenvalue weighted by atomic mass is 10.1. The van der Waals surface area contributed by atoms with Crippen LogP contribution >= 0.6 is 0 Å². The zero-order chi connectivity index (χ0) is 18.8. The highest BCUT2D eigenvalue weighted by atomic mass is 32.2. The lowest BCUT2D eigenvalue weighted by Crippen LogP contribution is -2.18. The van der Waals surface area contributed by atoms with E-state index >= 15 is 0 Å². The minimum atomic E-state index is -3.68. The van der Waals surface area contributed by atoms with Crippen LogP contribution in [0.2, 0.25) is 0 Å². The quantitative estimate of drug-likeness (QED) is 0.653. The largest absolute Gasteiger partial charge is 0.493 e. The number of benzene rings is 1. The zero-order valence-electron chi connectivity index (χ0n) is 13.6. The summed E-state index contributed by atoms with van der Waals surface area (Å²) in [5.41, 5.74) is -0.373. The van der Waals surface area contributed by atoms with Gasteiger partial charge in [-0.2, -0.15) is 18.8 Å². The van der Waals surface area contributed by atoms with Crippen LogP contribution in [0.25, 0.3) is 0 Å². The molecule has 2 aromatic rings. The van der Waals surface area contributed by atoms with Gasteiger partial charge in [-0.1, -0.05) is 6.07 Å². The lowest BCUT2D eigenvalue weighted by molar-refractivity contribution is 0.421. The van der Waals surface area contributed by atoms with Gasteiger partial charge in [-0.15, -0.1) is 5.11 Å². The minimum absolute atomic E-state index is 0.0481. The van der Waals surface area contributed by atoms with Crippen molar-refractivity contribution in [2.75, 3.05) is 6.26 Å². The second-order valence-corrected chi connectivity index (χ2v) is 6.71. The minimum Gasteiger partial charge on any atom is -0.493 e. The van der Waals surface area contributed by atoms with Crippen LogP contribution in [0.5, 0.6) is 11.6 Å². The molecule has 0 atom stereocenters. The van der Waals surface area contributed by atoms with Crippen molar-refractivity contribution in [1.82, 2.24) is 4.57 Å². The van der Waals surface area contributed by atoms with E-state index in [1.807, 2.05) is 0 Å². The number of pyridine rings is 1. The zero-order valence-corrected chi connectivity index (χ0v) is 14.4. The Hall–Kier alpha value is -3.19. The summed E-state index contributed by atoms with van der Waals surface area (Å²) < 4.78 is 27.9. The van der Waals surface area contributed by atoms with Gasteiger partial charge in [0.25, 0.3) is 5.56 Å². The molecule has 0 saturated heterocycles. The molecule has 0 aliphatic heterocycles. The molecule has 0 saturated carbocycles. The molecule has 0 spiro atoms. The molecule has 0 unspecified atom stereocenters. The van der Waals surface area contributed by atoms with Crippen molar-refractivity contribution in [3.63, 3.8) is 0 Å².